The molecule has 1 saturated carbocycles. The lowest BCUT2D eigenvalue weighted by atomic mass is 9.90. The first-order chi connectivity index (χ1) is 9.72. The molecule has 2 rings (SSSR count). The van der Waals surface area contributed by atoms with E-state index in [0.29, 0.717) is 0 Å². The molecule has 0 spiro atoms. The molecule has 1 aliphatic rings. The first-order valence-corrected chi connectivity index (χ1v) is 7.73. The summed E-state index contributed by atoms with van der Waals surface area (Å²) in [5.74, 6) is 0.937. The summed E-state index contributed by atoms with van der Waals surface area (Å²) >= 11 is 0. The van der Waals surface area contributed by atoms with E-state index in [-0.39, 0.29) is 0 Å². The average molecular weight is 276 g/mol. The van der Waals surface area contributed by atoms with Gasteiger partial charge in [-0.15, -0.1) is 0 Å². The lowest BCUT2D eigenvalue weighted by Crippen LogP contribution is -2.40. The molecule has 0 amide bonds. The summed E-state index contributed by atoms with van der Waals surface area (Å²) in [7, 11) is 6.07. The third-order valence-corrected chi connectivity index (χ3v) is 4.64. The van der Waals surface area contributed by atoms with E-state index in [1.54, 1.807) is 7.11 Å². The van der Waals surface area contributed by atoms with Gasteiger partial charge in [-0.1, -0.05) is 12.1 Å². The Morgan fingerprint density at radius 3 is 2.35 bits per heavy atom. The van der Waals surface area contributed by atoms with E-state index in [4.69, 9.17) is 4.74 Å². The number of methoxy groups -OCH3 is 1. The van der Waals surface area contributed by atoms with Gasteiger partial charge in [0.1, 0.15) is 5.75 Å². The van der Waals surface area contributed by atoms with Gasteiger partial charge in [-0.2, -0.15) is 0 Å². The summed E-state index contributed by atoms with van der Waals surface area (Å²) in [6.45, 7) is 1.14. The van der Waals surface area contributed by atoms with Crippen LogP contribution in [0, 0.1) is 0 Å². The highest BCUT2D eigenvalue weighted by Gasteiger charge is 2.22. The minimum atomic E-state index is 0.737. The molecule has 1 N–H and O–H groups in total. The van der Waals surface area contributed by atoms with Crippen LogP contribution >= 0.6 is 0 Å². The second-order valence-corrected chi connectivity index (χ2v) is 5.87. The lowest BCUT2D eigenvalue weighted by Gasteiger charge is -2.34. The number of likely N-dealkylation sites (N-methyl/N-ethyl adjacent to an activating group) is 1. The van der Waals surface area contributed by atoms with Crippen molar-refractivity contribution in [3.05, 3.63) is 29.8 Å². The van der Waals surface area contributed by atoms with E-state index in [0.717, 1.165) is 30.8 Å². The smallest absolute Gasteiger partial charge is 0.118 e. The van der Waals surface area contributed by atoms with Crippen molar-refractivity contribution < 1.29 is 4.74 Å². The highest BCUT2D eigenvalue weighted by Crippen LogP contribution is 2.22. The molecule has 0 heterocycles. The Balaban J connectivity index is 1.75. The number of ether oxygens (including phenoxy) is 1. The van der Waals surface area contributed by atoms with Gasteiger partial charge in [-0.25, -0.2) is 0 Å². The largest absolute Gasteiger partial charge is 0.497 e. The zero-order valence-corrected chi connectivity index (χ0v) is 13.1. The van der Waals surface area contributed by atoms with Crippen LogP contribution in [-0.2, 0) is 6.42 Å². The monoisotopic (exact) mass is 276 g/mol. The van der Waals surface area contributed by atoms with Gasteiger partial charge in [-0.3, -0.25) is 0 Å². The fraction of sp³-hybridized carbons (Fsp3) is 0.647. The van der Waals surface area contributed by atoms with E-state index in [9.17, 15) is 0 Å². The lowest BCUT2D eigenvalue weighted by molar-refractivity contribution is 0.178. The first-order valence-electron chi connectivity index (χ1n) is 7.73. The molecule has 112 valence electrons. The molecule has 0 radical (unpaired) electrons. The van der Waals surface area contributed by atoms with Crippen molar-refractivity contribution in [3.8, 4) is 5.75 Å². The highest BCUT2D eigenvalue weighted by molar-refractivity contribution is 5.27. The van der Waals surface area contributed by atoms with E-state index in [2.05, 4.69) is 36.4 Å². The average Bonchev–Trinajstić information content (AvgIpc) is 2.53. The molecule has 3 nitrogen and oxygen atoms in total. The summed E-state index contributed by atoms with van der Waals surface area (Å²) in [5.41, 5.74) is 1.39. The predicted molar refractivity (Wildman–Crippen MR) is 84.4 cm³/mol. The second-order valence-electron chi connectivity index (χ2n) is 5.87. The Labute approximate surface area is 123 Å². The maximum absolute atomic E-state index is 5.19. The van der Waals surface area contributed by atoms with Gasteiger partial charge in [0, 0.05) is 18.6 Å². The van der Waals surface area contributed by atoms with Crippen molar-refractivity contribution in [1.82, 2.24) is 10.2 Å². The van der Waals surface area contributed by atoms with Gasteiger partial charge >= 0.3 is 0 Å². The van der Waals surface area contributed by atoms with E-state index < -0.39 is 0 Å². The third kappa shape index (κ3) is 4.22. The topological polar surface area (TPSA) is 24.5 Å². The van der Waals surface area contributed by atoms with Crippen LogP contribution in [0.5, 0.6) is 5.75 Å². The number of nitrogens with zero attached hydrogens (tertiary/aromatic N) is 1. The standard InChI is InChI=1S/C17H28N2O/c1-18-15-6-8-16(9-7-15)19(2)13-12-14-4-10-17(20-3)11-5-14/h4-5,10-11,15-16,18H,6-9,12-13H2,1-3H3. The molecule has 1 aromatic carbocycles. The van der Waals surface area contributed by atoms with Gasteiger partial charge in [0.2, 0.25) is 0 Å². The van der Waals surface area contributed by atoms with Gasteiger partial charge in [-0.05, 0) is 63.9 Å². The van der Waals surface area contributed by atoms with Gasteiger partial charge < -0.3 is 15.0 Å². The Hall–Kier alpha value is -1.06. The summed E-state index contributed by atoms with van der Waals surface area (Å²) < 4.78 is 5.19. The zero-order chi connectivity index (χ0) is 14.4. The minimum absolute atomic E-state index is 0.737. The van der Waals surface area contributed by atoms with Crippen molar-refractivity contribution in [2.75, 3.05) is 27.7 Å². The molecule has 0 atom stereocenters. The molecule has 1 aromatic rings. The molecule has 0 aliphatic heterocycles. The molecule has 20 heavy (non-hydrogen) atoms. The number of hydrogen-bond donors (Lipinski definition) is 1. The van der Waals surface area contributed by atoms with Crippen LogP contribution in [0.4, 0.5) is 0 Å². The Kier molecular flexibility index (Phi) is 5.86. The van der Waals surface area contributed by atoms with Gasteiger partial charge in [0.25, 0.3) is 0 Å². The third-order valence-electron chi connectivity index (χ3n) is 4.64. The molecular weight excluding hydrogens is 248 g/mol. The van der Waals surface area contributed by atoms with Crippen LogP contribution in [0.25, 0.3) is 0 Å². The summed E-state index contributed by atoms with van der Waals surface area (Å²) in [5, 5.41) is 3.40. The highest BCUT2D eigenvalue weighted by atomic mass is 16.5. The molecule has 0 bridgehead atoms. The Morgan fingerprint density at radius 1 is 1.15 bits per heavy atom. The van der Waals surface area contributed by atoms with Crippen LogP contribution in [0.3, 0.4) is 0 Å². The number of nitrogens with one attached hydrogen (secondary N) is 1. The van der Waals surface area contributed by atoms with Crippen LogP contribution < -0.4 is 10.1 Å². The van der Waals surface area contributed by atoms with Gasteiger partial charge in [0.05, 0.1) is 7.11 Å². The molecule has 0 aromatic heterocycles. The predicted octanol–water partition coefficient (Wildman–Crippen LogP) is 2.70. The van der Waals surface area contributed by atoms with Crippen molar-refractivity contribution in [1.29, 1.82) is 0 Å². The van der Waals surface area contributed by atoms with Crippen molar-refractivity contribution in [2.24, 2.45) is 0 Å². The van der Waals surface area contributed by atoms with Crippen molar-refractivity contribution in [2.45, 2.75) is 44.2 Å². The maximum atomic E-state index is 5.19. The molecule has 0 saturated heterocycles. The van der Waals surface area contributed by atoms with Crippen LogP contribution in [0.15, 0.2) is 24.3 Å². The summed E-state index contributed by atoms with van der Waals surface area (Å²) in [6, 6.07) is 9.94. The normalized spacial score (nSPS) is 23.0. The van der Waals surface area contributed by atoms with E-state index >= 15 is 0 Å². The number of benzene rings is 1. The molecule has 0 unspecified atom stereocenters. The van der Waals surface area contributed by atoms with Crippen molar-refractivity contribution >= 4 is 0 Å². The minimum Gasteiger partial charge on any atom is -0.497 e. The van der Waals surface area contributed by atoms with Crippen LogP contribution in [-0.4, -0.2) is 44.7 Å². The van der Waals surface area contributed by atoms with Crippen LogP contribution in [0.1, 0.15) is 31.2 Å². The molecule has 3 heteroatoms. The number of hydrogen-bond acceptors (Lipinski definition) is 3. The molecule has 1 fully saturated rings. The van der Waals surface area contributed by atoms with Crippen molar-refractivity contribution in [3.63, 3.8) is 0 Å². The second kappa shape index (κ2) is 7.65. The fourth-order valence-electron chi connectivity index (χ4n) is 3.09. The number of rotatable bonds is 6. The molecular formula is C17H28N2O. The van der Waals surface area contributed by atoms with E-state index in [1.165, 1.54) is 31.2 Å². The summed E-state index contributed by atoms with van der Waals surface area (Å²) in [6.07, 6.45) is 6.39. The summed E-state index contributed by atoms with van der Waals surface area (Å²) in [4.78, 5) is 2.54. The SMILES string of the molecule is CNC1CCC(N(C)CCc2ccc(OC)cc2)CC1. The van der Waals surface area contributed by atoms with Gasteiger partial charge in [0.15, 0.2) is 0 Å². The zero-order valence-electron chi connectivity index (χ0n) is 13.1. The van der Waals surface area contributed by atoms with Crippen LogP contribution in [0.2, 0.25) is 0 Å². The quantitative estimate of drug-likeness (QED) is 0.864. The maximum Gasteiger partial charge on any atom is 0.118 e. The first kappa shape index (κ1) is 15.3. The Morgan fingerprint density at radius 2 is 1.80 bits per heavy atom. The molecule has 1 aliphatic carbocycles. The van der Waals surface area contributed by atoms with E-state index in [1.807, 2.05) is 12.1 Å². The Bertz CT molecular complexity index is 382. The fourth-order valence-corrected chi connectivity index (χ4v) is 3.09.